The fourth-order valence-corrected chi connectivity index (χ4v) is 3.40. The first kappa shape index (κ1) is 13.2. The first-order valence-electron chi connectivity index (χ1n) is 7.23. The molecule has 0 aliphatic heterocycles. The van der Waals surface area contributed by atoms with Crippen LogP contribution in [0.1, 0.15) is 27.7 Å². The molecule has 106 valence electrons. The average molecular weight is 269 g/mol. The number of para-hydroxylation sites is 1. The monoisotopic (exact) mass is 269 g/mol. The first-order chi connectivity index (χ1) is 9.35. The highest BCUT2D eigenvalue weighted by molar-refractivity contribution is 5.96. The second-order valence-electron chi connectivity index (χ2n) is 6.98. The molecule has 0 spiro atoms. The molecule has 3 rings (SSSR count). The molecule has 1 fully saturated rings. The molecule has 1 aliphatic carbocycles. The van der Waals surface area contributed by atoms with Crippen LogP contribution in [0.5, 0.6) is 0 Å². The standard InChI is InChI=1S/C17H23N3/c1-16(2)14(17(16,3)4)10-20-15-11-7-5-6-8-13(11)19-9-12(15)18/h5-9,14H,10,18H2,1-4H3,(H,19,20). The van der Waals surface area contributed by atoms with Gasteiger partial charge in [0.2, 0.25) is 0 Å². The molecule has 0 bridgehead atoms. The lowest BCUT2D eigenvalue weighted by Gasteiger charge is -2.13. The molecule has 3 nitrogen and oxygen atoms in total. The number of nitrogen functional groups attached to an aromatic ring is 1. The summed E-state index contributed by atoms with van der Waals surface area (Å²) in [6.07, 6.45) is 1.74. The van der Waals surface area contributed by atoms with Crippen LogP contribution < -0.4 is 11.1 Å². The predicted octanol–water partition coefficient (Wildman–Crippen LogP) is 3.91. The van der Waals surface area contributed by atoms with Gasteiger partial charge in [0.05, 0.1) is 23.1 Å². The van der Waals surface area contributed by atoms with Crippen molar-refractivity contribution >= 4 is 22.3 Å². The lowest BCUT2D eigenvalue weighted by molar-refractivity contribution is 0.457. The molecular weight excluding hydrogens is 246 g/mol. The summed E-state index contributed by atoms with van der Waals surface area (Å²) in [5.74, 6) is 0.668. The summed E-state index contributed by atoms with van der Waals surface area (Å²) in [7, 11) is 0. The Balaban J connectivity index is 1.87. The number of fused-ring (bicyclic) bond motifs is 1. The van der Waals surface area contributed by atoms with Gasteiger partial charge in [-0.15, -0.1) is 0 Å². The van der Waals surface area contributed by atoms with E-state index in [9.17, 15) is 0 Å². The zero-order valence-electron chi connectivity index (χ0n) is 12.7. The van der Waals surface area contributed by atoms with E-state index in [1.807, 2.05) is 18.2 Å². The molecule has 3 heteroatoms. The van der Waals surface area contributed by atoms with Crippen molar-refractivity contribution in [1.29, 1.82) is 0 Å². The average Bonchev–Trinajstić information content (AvgIpc) is 2.79. The normalized spacial score (nSPS) is 20.0. The van der Waals surface area contributed by atoms with Gasteiger partial charge in [-0.2, -0.15) is 0 Å². The Morgan fingerprint density at radius 3 is 2.45 bits per heavy atom. The summed E-state index contributed by atoms with van der Waals surface area (Å²) in [4.78, 5) is 4.38. The van der Waals surface area contributed by atoms with Crippen molar-refractivity contribution < 1.29 is 0 Å². The van der Waals surface area contributed by atoms with Crippen LogP contribution >= 0.6 is 0 Å². The second kappa shape index (κ2) is 4.11. The summed E-state index contributed by atoms with van der Waals surface area (Å²) >= 11 is 0. The lowest BCUT2D eigenvalue weighted by Crippen LogP contribution is -2.10. The molecule has 20 heavy (non-hydrogen) atoms. The van der Waals surface area contributed by atoms with E-state index >= 15 is 0 Å². The molecule has 1 aromatic carbocycles. The number of nitrogens with one attached hydrogen (secondary N) is 1. The van der Waals surface area contributed by atoms with E-state index in [1.54, 1.807) is 6.20 Å². The number of nitrogens with two attached hydrogens (primary N) is 1. The quantitative estimate of drug-likeness (QED) is 0.888. The summed E-state index contributed by atoms with van der Waals surface area (Å²) in [6, 6.07) is 8.12. The van der Waals surface area contributed by atoms with E-state index in [1.165, 1.54) is 0 Å². The van der Waals surface area contributed by atoms with Crippen LogP contribution in [-0.4, -0.2) is 11.5 Å². The number of nitrogens with zero attached hydrogens (tertiary/aromatic N) is 1. The van der Waals surface area contributed by atoms with Crippen molar-refractivity contribution in [2.24, 2.45) is 16.7 Å². The van der Waals surface area contributed by atoms with Gasteiger partial charge < -0.3 is 11.1 Å². The SMILES string of the molecule is CC1(C)C(CNc2c(N)cnc3ccccc23)C1(C)C. The fourth-order valence-electron chi connectivity index (χ4n) is 3.40. The van der Waals surface area contributed by atoms with E-state index in [2.05, 4.69) is 44.1 Å². The Morgan fingerprint density at radius 1 is 1.15 bits per heavy atom. The number of benzene rings is 1. The number of pyridine rings is 1. The van der Waals surface area contributed by atoms with Crippen LogP contribution in [0.4, 0.5) is 11.4 Å². The fraction of sp³-hybridized carbons (Fsp3) is 0.471. The predicted molar refractivity (Wildman–Crippen MR) is 85.7 cm³/mol. The molecule has 2 aromatic rings. The molecule has 3 N–H and O–H groups in total. The Hall–Kier alpha value is -1.77. The molecule has 1 heterocycles. The maximum Gasteiger partial charge on any atom is 0.0743 e. The first-order valence-corrected chi connectivity index (χ1v) is 7.23. The smallest absolute Gasteiger partial charge is 0.0743 e. The van der Waals surface area contributed by atoms with Crippen LogP contribution in [0.15, 0.2) is 30.5 Å². The molecule has 1 aliphatic rings. The van der Waals surface area contributed by atoms with Crippen molar-refractivity contribution in [3.8, 4) is 0 Å². The number of hydrogen-bond acceptors (Lipinski definition) is 3. The Bertz CT molecular complexity index is 644. The van der Waals surface area contributed by atoms with Crippen molar-refractivity contribution in [1.82, 2.24) is 4.98 Å². The van der Waals surface area contributed by atoms with Gasteiger partial charge in [-0.1, -0.05) is 45.9 Å². The number of aromatic nitrogens is 1. The molecule has 0 radical (unpaired) electrons. The zero-order valence-corrected chi connectivity index (χ0v) is 12.7. The van der Waals surface area contributed by atoms with Crippen molar-refractivity contribution in [2.75, 3.05) is 17.6 Å². The van der Waals surface area contributed by atoms with Crippen LogP contribution in [0.25, 0.3) is 10.9 Å². The van der Waals surface area contributed by atoms with Gasteiger partial charge in [-0.25, -0.2) is 0 Å². The van der Waals surface area contributed by atoms with E-state index < -0.39 is 0 Å². The summed E-state index contributed by atoms with van der Waals surface area (Å²) < 4.78 is 0. The maximum absolute atomic E-state index is 6.10. The highest BCUT2D eigenvalue weighted by Gasteiger charge is 2.64. The maximum atomic E-state index is 6.10. The highest BCUT2D eigenvalue weighted by Crippen LogP contribution is 2.68. The third-order valence-corrected chi connectivity index (χ3v) is 5.61. The second-order valence-corrected chi connectivity index (χ2v) is 6.98. The topological polar surface area (TPSA) is 50.9 Å². The van der Waals surface area contributed by atoms with Gasteiger partial charge in [-0.05, 0) is 22.8 Å². The third kappa shape index (κ3) is 1.76. The molecule has 0 amide bonds. The minimum atomic E-state index is 0.387. The molecule has 0 unspecified atom stereocenters. The largest absolute Gasteiger partial charge is 0.396 e. The van der Waals surface area contributed by atoms with E-state index in [0.29, 0.717) is 16.7 Å². The van der Waals surface area contributed by atoms with E-state index in [0.717, 1.165) is 28.8 Å². The van der Waals surface area contributed by atoms with Crippen LogP contribution in [0.2, 0.25) is 0 Å². The summed E-state index contributed by atoms with van der Waals surface area (Å²) in [5.41, 5.74) is 9.61. The molecule has 0 saturated heterocycles. The summed E-state index contributed by atoms with van der Waals surface area (Å²) in [5, 5.41) is 4.66. The van der Waals surface area contributed by atoms with Gasteiger partial charge in [0.1, 0.15) is 0 Å². The molecule has 1 saturated carbocycles. The van der Waals surface area contributed by atoms with Crippen molar-refractivity contribution in [2.45, 2.75) is 27.7 Å². The Morgan fingerprint density at radius 2 is 1.80 bits per heavy atom. The number of hydrogen-bond donors (Lipinski definition) is 2. The Labute approximate surface area is 120 Å². The van der Waals surface area contributed by atoms with Crippen molar-refractivity contribution in [3.63, 3.8) is 0 Å². The van der Waals surface area contributed by atoms with Crippen LogP contribution in [0.3, 0.4) is 0 Å². The lowest BCUT2D eigenvalue weighted by atomic mass is 10.0. The highest BCUT2D eigenvalue weighted by atomic mass is 14.9. The van der Waals surface area contributed by atoms with Gasteiger partial charge >= 0.3 is 0 Å². The minimum Gasteiger partial charge on any atom is -0.396 e. The van der Waals surface area contributed by atoms with Gasteiger partial charge in [0.15, 0.2) is 0 Å². The number of anilines is 2. The van der Waals surface area contributed by atoms with Gasteiger partial charge in [0, 0.05) is 11.9 Å². The van der Waals surface area contributed by atoms with E-state index in [4.69, 9.17) is 5.73 Å². The molecular formula is C17H23N3. The van der Waals surface area contributed by atoms with Gasteiger partial charge in [0.25, 0.3) is 0 Å². The van der Waals surface area contributed by atoms with Gasteiger partial charge in [-0.3, -0.25) is 4.98 Å². The Kier molecular flexibility index (Phi) is 2.72. The number of rotatable bonds is 3. The zero-order chi connectivity index (χ0) is 14.5. The third-order valence-electron chi connectivity index (χ3n) is 5.61. The molecule has 0 atom stereocenters. The van der Waals surface area contributed by atoms with Crippen molar-refractivity contribution in [3.05, 3.63) is 30.5 Å². The summed E-state index contributed by atoms with van der Waals surface area (Å²) in [6.45, 7) is 10.3. The molecule has 1 aromatic heterocycles. The van der Waals surface area contributed by atoms with Crippen LogP contribution in [-0.2, 0) is 0 Å². The van der Waals surface area contributed by atoms with E-state index in [-0.39, 0.29) is 0 Å². The minimum absolute atomic E-state index is 0.387. The van der Waals surface area contributed by atoms with Crippen LogP contribution in [0, 0.1) is 16.7 Å².